The molecule has 0 saturated carbocycles. The number of unbranched alkanes of at least 4 members (excludes halogenated alkanes) is 4. The largest absolute Gasteiger partial charge is 0.366 e. The molecular weight excluding hydrogens is 222 g/mol. The van der Waals surface area contributed by atoms with Crippen LogP contribution in [0.4, 0.5) is 0 Å². The fourth-order valence-electron chi connectivity index (χ4n) is 1.91. The van der Waals surface area contributed by atoms with E-state index in [1.54, 1.807) is 6.08 Å². The van der Waals surface area contributed by atoms with Crippen molar-refractivity contribution in [2.45, 2.75) is 45.4 Å². The van der Waals surface area contributed by atoms with Crippen LogP contribution in [0.15, 0.2) is 30.3 Å². The van der Waals surface area contributed by atoms with Crippen LogP contribution in [0.5, 0.6) is 0 Å². The molecule has 0 aromatic heterocycles. The van der Waals surface area contributed by atoms with Crippen LogP contribution in [0, 0.1) is 0 Å². The number of carbonyl (C=O) groups is 1. The summed E-state index contributed by atoms with van der Waals surface area (Å²) in [7, 11) is 0. The quantitative estimate of drug-likeness (QED) is 0.551. The average Bonchev–Trinajstić information content (AvgIpc) is 2.37. The number of rotatable bonds is 8. The van der Waals surface area contributed by atoms with E-state index >= 15 is 0 Å². The predicted molar refractivity (Wildman–Crippen MR) is 77.1 cm³/mol. The number of hydrogen-bond acceptors (Lipinski definition) is 1. The summed E-state index contributed by atoms with van der Waals surface area (Å²) in [5, 5.41) is 0. The second-order valence-corrected chi connectivity index (χ2v) is 4.64. The summed E-state index contributed by atoms with van der Waals surface area (Å²) in [6, 6.07) is 8.31. The van der Waals surface area contributed by atoms with Crippen molar-refractivity contribution in [3.8, 4) is 0 Å². The van der Waals surface area contributed by atoms with Gasteiger partial charge in [-0.15, -0.1) is 0 Å². The van der Waals surface area contributed by atoms with Crippen LogP contribution in [-0.2, 0) is 11.2 Å². The van der Waals surface area contributed by atoms with E-state index in [4.69, 9.17) is 5.73 Å². The lowest BCUT2D eigenvalue weighted by Crippen LogP contribution is -2.05. The SMILES string of the molecule is CCCCCCCc1ccc(/C=C\C(N)=O)cc1. The fraction of sp³-hybridized carbons (Fsp3) is 0.438. The van der Waals surface area contributed by atoms with Crippen LogP contribution in [0.1, 0.15) is 50.2 Å². The molecule has 98 valence electrons. The molecule has 2 N–H and O–H groups in total. The lowest BCUT2D eigenvalue weighted by atomic mass is 10.0. The smallest absolute Gasteiger partial charge is 0.241 e. The molecule has 1 amide bonds. The second-order valence-electron chi connectivity index (χ2n) is 4.64. The molecule has 0 heterocycles. The molecule has 0 aliphatic heterocycles. The zero-order valence-electron chi connectivity index (χ0n) is 11.2. The lowest BCUT2D eigenvalue weighted by molar-refractivity contribution is -0.113. The Bertz CT molecular complexity index is 379. The lowest BCUT2D eigenvalue weighted by Gasteiger charge is -2.02. The van der Waals surface area contributed by atoms with E-state index in [0.29, 0.717) is 0 Å². The number of amides is 1. The Labute approximate surface area is 110 Å². The summed E-state index contributed by atoms with van der Waals surface area (Å²) in [4.78, 5) is 10.6. The van der Waals surface area contributed by atoms with Crippen molar-refractivity contribution < 1.29 is 4.79 Å². The first-order valence-corrected chi connectivity index (χ1v) is 6.79. The minimum Gasteiger partial charge on any atom is -0.366 e. The summed E-state index contributed by atoms with van der Waals surface area (Å²) in [5.41, 5.74) is 7.43. The van der Waals surface area contributed by atoms with Gasteiger partial charge in [0, 0.05) is 6.08 Å². The zero-order chi connectivity index (χ0) is 13.2. The molecule has 2 heteroatoms. The maximum atomic E-state index is 10.6. The maximum Gasteiger partial charge on any atom is 0.241 e. The molecule has 1 aromatic rings. The Morgan fingerprint density at radius 3 is 2.39 bits per heavy atom. The summed E-state index contributed by atoms with van der Waals surface area (Å²) >= 11 is 0. The first-order chi connectivity index (χ1) is 8.72. The van der Waals surface area contributed by atoms with Crippen LogP contribution in [0.2, 0.25) is 0 Å². The molecule has 1 rings (SSSR count). The standard InChI is InChI=1S/C16H23NO/c1-2-3-4-5-6-7-14-8-10-15(11-9-14)12-13-16(17)18/h8-13H,2-7H2,1H3,(H2,17,18)/b13-12-. The van der Waals surface area contributed by atoms with Crippen molar-refractivity contribution in [1.82, 2.24) is 0 Å². The van der Waals surface area contributed by atoms with Crippen LogP contribution in [-0.4, -0.2) is 5.91 Å². The average molecular weight is 245 g/mol. The summed E-state index contributed by atoms with van der Waals surface area (Å²) in [5.74, 6) is -0.407. The van der Waals surface area contributed by atoms with Gasteiger partial charge in [-0.25, -0.2) is 0 Å². The van der Waals surface area contributed by atoms with Gasteiger partial charge in [-0.05, 0) is 30.0 Å². The van der Waals surface area contributed by atoms with E-state index in [-0.39, 0.29) is 0 Å². The molecule has 18 heavy (non-hydrogen) atoms. The van der Waals surface area contributed by atoms with Crippen LogP contribution in [0.25, 0.3) is 6.08 Å². The molecule has 0 aliphatic rings. The van der Waals surface area contributed by atoms with E-state index in [0.717, 1.165) is 12.0 Å². The Balaban J connectivity index is 2.34. The van der Waals surface area contributed by atoms with E-state index < -0.39 is 5.91 Å². The highest BCUT2D eigenvalue weighted by atomic mass is 16.1. The minimum absolute atomic E-state index is 0.407. The summed E-state index contributed by atoms with van der Waals surface area (Å²) in [6.07, 6.45) is 10.8. The maximum absolute atomic E-state index is 10.6. The molecular formula is C16H23NO. The third-order valence-corrected chi connectivity index (χ3v) is 2.99. The molecule has 0 radical (unpaired) electrons. The Morgan fingerprint density at radius 1 is 1.11 bits per heavy atom. The van der Waals surface area contributed by atoms with Crippen molar-refractivity contribution in [3.63, 3.8) is 0 Å². The van der Waals surface area contributed by atoms with Gasteiger partial charge < -0.3 is 5.73 Å². The van der Waals surface area contributed by atoms with Gasteiger partial charge in [0.25, 0.3) is 0 Å². The molecule has 0 fully saturated rings. The Kier molecular flexibility index (Phi) is 6.85. The van der Waals surface area contributed by atoms with Crippen LogP contribution >= 0.6 is 0 Å². The molecule has 0 saturated heterocycles. The number of aryl methyl sites for hydroxylation is 1. The van der Waals surface area contributed by atoms with Gasteiger partial charge in [-0.1, -0.05) is 56.9 Å². The molecule has 0 aliphatic carbocycles. The highest BCUT2D eigenvalue weighted by Crippen LogP contribution is 2.11. The molecule has 0 atom stereocenters. The number of primary amides is 1. The van der Waals surface area contributed by atoms with E-state index in [2.05, 4.69) is 19.1 Å². The topological polar surface area (TPSA) is 43.1 Å². The number of carbonyl (C=O) groups excluding carboxylic acids is 1. The molecule has 0 bridgehead atoms. The third-order valence-electron chi connectivity index (χ3n) is 2.99. The van der Waals surface area contributed by atoms with Crippen molar-refractivity contribution in [1.29, 1.82) is 0 Å². The third kappa shape index (κ3) is 6.24. The molecule has 0 unspecified atom stereocenters. The minimum atomic E-state index is -0.407. The number of benzene rings is 1. The summed E-state index contributed by atoms with van der Waals surface area (Å²) < 4.78 is 0. The van der Waals surface area contributed by atoms with Gasteiger partial charge in [-0.3, -0.25) is 4.79 Å². The van der Waals surface area contributed by atoms with E-state index in [1.807, 2.05) is 12.1 Å². The van der Waals surface area contributed by atoms with Gasteiger partial charge in [-0.2, -0.15) is 0 Å². The first kappa shape index (κ1) is 14.5. The molecule has 1 aromatic carbocycles. The van der Waals surface area contributed by atoms with Gasteiger partial charge in [0.05, 0.1) is 0 Å². The second kappa shape index (κ2) is 8.51. The van der Waals surface area contributed by atoms with Crippen molar-refractivity contribution in [3.05, 3.63) is 41.5 Å². The predicted octanol–water partition coefficient (Wildman–Crippen LogP) is 3.70. The van der Waals surface area contributed by atoms with Crippen molar-refractivity contribution in [2.75, 3.05) is 0 Å². The molecule has 0 spiro atoms. The van der Waals surface area contributed by atoms with Crippen molar-refractivity contribution in [2.24, 2.45) is 5.73 Å². The Hall–Kier alpha value is -1.57. The highest BCUT2D eigenvalue weighted by Gasteiger charge is 1.94. The summed E-state index contributed by atoms with van der Waals surface area (Å²) in [6.45, 7) is 2.23. The van der Waals surface area contributed by atoms with Gasteiger partial charge in [0.2, 0.25) is 5.91 Å². The van der Waals surface area contributed by atoms with Crippen LogP contribution < -0.4 is 5.73 Å². The normalized spacial score (nSPS) is 10.9. The highest BCUT2D eigenvalue weighted by molar-refractivity contribution is 5.90. The van der Waals surface area contributed by atoms with E-state index in [1.165, 1.54) is 43.7 Å². The zero-order valence-corrected chi connectivity index (χ0v) is 11.2. The van der Waals surface area contributed by atoms with Gasteiger partial charge >= 0.3 is 0 Å². The number of hydrogen-bond donors (Lipinski definition) is 1. The molecule has 2 nitrogen and oxygen atoms in total. The Morgan fingerprint density at radius 2 is 1.78 bits per heavy atom. The number of nitrogens with two attached hydrogens (primary N) is 1. The van der Waals surface area contributed by atoms with Crippen LogP contribution in [0.3, 0.4) is 0 Å². The first-order valence-electron chi connectivity index (χ1n) is 6.79. The fourth-order valence-corrected chi connectivity index (χ4v) is 1.91. The van der Waals surface area contributed by atoms with Gasteiger partial charge in [0.15, 0.2) is 0 Å². The van der Waals surface area contributed by atoms with E-state index in [9.17, 15) is 4.79 Å². The van der Waals surface area contributed by atoms with Crippen molar-refractivity contribution >= 4 is 12.0 Å². The monoisotopic (exact) mass is 245 g/mol. The van der Waals surface area contributed by atoms with Gasteiger partial charge in [0.1, 0.15) is 0 Å².